The number of halogens is 2. The second-order valence-corrected chi connectivity index (χ2v) is 6.67. The number of anilines is 1. The number of carbonyl (C=O) groups excluding carboxylic acids is 1. The molecule has 6 heteroatoms. The van der Waals surface area contributed by atoms with Crippen LogP contribution in [0.5, 0.6) is 0 Å². The zero-order valence-corrected chi connectivity index (χ0v) is 14.7. The van der Waals surface area contributed by atoms with Crippen molar-refractivity contribution in [3.05, 3.63) is 64.9 Å². The van der Waals surface area contributed by atoms with E-state index in [2.05, 4.69) is 15.1 Å². The molecule has 0 aliphatic carbocycles. The summed E-state index contributed by atoms with van der Waals surface area (Å²) in [5, 5.41) is 3.55. The Morgan fingerprint density at radius 3 is 2.20 bits per heavy atom. The lowest BCUT2D eigenvalue weighted by atomic mass is 10.2. The third-order valence-electron chi connectivity index (χ3n) is 4.28. The summed E-state index contributed by atoms with van der Waals surface area (Å²) < 4.78 is 12.9. The molecule has 132 valence electrons. The molecular weight excluding hydrogens is 341 g/mol. The van der Waals surface area contributed by atoms with E-state index in [9.17, 15) is 9.18 Å². The minimum absolute atomic E-state index is 0.0715. The van der Waals surface area contributed by atoms with E-state index in [1.165, 1.54) is 17.7 Å². The Morgan fingerprint density at radius 1 is 0.960 bits per heavy atom. The molecule has 0 spiro atoms. The van der Waals surface area contributed by atoms with Crippen molar-refractivity contribution in [2.24, 2.45) is 0 Å². The van der Waals surface area contributed by atoms with Gasteiger partial charge in [0.25, 0.3) is 0 Å². The summed E-state index contributed by atoms with van der Waals surface area (Å²) in [7, 11) is 0. The zero-order chi connectivity index (χ0) is 17.6. The fraction of sp³-hybridized carbons (Fsp3) is 0.316. The molecule has 1 aliphatic heterocycles. The number of carbonyl (C=O) groups is 1. The van der Waals surface area contributed by atoms with Crippen LogP contribution in [0.2, 0.25) is 5.02 Å². The van der Waals surface area contributed by atoms with Gasteiger partial charge in [-0.15, -0.1) is 0 Å². The van der Waals surface area contributed by atoms with Gasteiger partial charge in [0.15, 0.2) is 0 Å². The van der Waals surface area contributed by atoms with Crippen molar-refractivity contribution in [2.75, 3.05) is 38.0 Å². The molecule has 0 bridgehead atoms. The van der Waals surface area contributed by atoms with Crippen molar-refractivity contribution in [1.82, 2.24) is 9.80 Å². The van der Waals surface area contributed by atoms with Gasteiger partial charge in [0.2, 0.25) is 5.91 Å². The van der Waals surface area contributed by atoms with E-state index in [-0.39, 0.29) is 11.7 Å². The molecule has 4 nitrogen and oxygen atoms in total. The summed E-state index contributed by atoms with van der Waals surface area (Å²) in [6.45, 7) is 4.80. The van der Waals surface area contributed by atoms with E-state index < -0.39 is 0 Å². The van der Waals surface area contributed by atoms with Crippen molar-refractivity contribution in [3.63, 3.8) is 0 Å². The highest BCUT2D eigenvalue weighted by Gasteiger charge is 2.19. The average Bonchev–Trinajstić information content (AvgIpc) is 2.61. The predicted octanol–water partition coefficient (Wildman–Crippen LogP) is 3.24. The number of hydrogen-bond acceptors (Lipinski definition) is 3. The van der Waals surface area contributed by atoms with Gasteiger partial charge < -0.3 is 5.32 Å². The predicted molar refractivity (Wildman–Crippen MR) is 98.2 cm³/mol. The molecule has 0 unspecified atom stereocenters. The molecule has 1 saturated heterocycles. The topological polar surface area (TPSA) is 35.6 Å². The molecule has 1 N–H and O–H groups in total. The smallest absolute Gasteiger partial charge is 0.238 e. The van der Waals surface area contributed by atoms with Crippen LogP contribution in [0.4, 0.5) is 10.1 Å². The van der Waals surface area contributed by atoms with Crippen molar-refractivity contribution in [2.45, 2.75) is 6.54 Å². The molecule has 2 aromatic rings. The summed E-state index contributed by atoms with van der Waals surface area (Å²) in [6, 6.07) is 13.7. The van der Waals surface area contributed by atoms with Gasteiger partial charge in [-0.3, -0.25) is 14.6 Å². The highest BCUT2D eigenvalue weighted by atomic mass is 35.5. The number of rotatable bonds is 5. The summed E-state index contributed by atoms with van der Waals surface area (Å²) in [6.07, 6.45) is 0. The first-order chi connectivity index (χ1) is 12.1. The second kappa shape index (κ2) is 8.43. The summed E-state index contributed by atoms with van der Waals surface area (Å²) in [5.41, 5.74) is 1.86. The summed E-state index contributed by atoms with van der Waals surface area (Å²) in [4.78, 5) is 16.6. The van der Waals surface area contributed by atoms with E-state index in [0.717, 1.165) is 37.7 Å². The molecule has 1 aliphatic rings. The molecule has 1 heterocycles. The maximum atomic E-state index is 12.9. The van der Waals surface area contributed by atoms with Gasteiger partial charge in [-0.05, 0) is 42.0 Å². The monoisotopic (exact) mass is 361 g/mol. The Morgan fingerprint density at radius 2 is 1.56 bits per heavy atom. The number of hydrogen-bond donors (Lipinski definition) is 1. The lowest BCUT2D eigenvalue weighted by molar-refractivity contribution is -0.117. The fourth-order valence-electron chi connectivity index (χ4n) is 2.89. The Labute approximate surface area is 152 Å². The summed E-state index contributed by atoms with van der Waals surface area (Å²) in [5.74, 6) is -0.382. The van der Waals surface area contributed by atoms with Crippen LogP contribution in [0.3, 0.4) is 0 Å². The molecule has 0 radical (unpaired) electrons. The Kier molecular flexibility index (Phi) is 6.02. The van der Waals surface area contributed by atoms with Crippen LogP contribution in [-0.4, -0.2) is 48.4 Å². The lowest BCUT2D eigenvalue weighted by Gasteiger charge is -2.34. The van der Waals surface area contributed by atoms with Gasteiger partial charge in [0.05, 0.1) is 6.54 Å². The van der Waals surface area contributed by atoms with Crippen LogP contribution < -0.4 is 5.32 Å². The third-order valence-corrected chi connectivity index (χ3v) is 4.53. The van der Waals surface area contributed by atoms with Crippen LogP contribution in [0.25, 0.3) is 0 Å². The molecule has 3 rings (SSSR count). The second-order valence-electron chi connectivity index (χ2n) is 6.23. The van der Waals surface area contributed by atoms with E-state index in [1.54, 1.807) is 12.1 Å². The van der Waals surface area contributed by atoms with Crippen molar-refractivity contribution < 1.29 is 9.18 Å². The number of piperazine rings is 1. The normalized spacial score (nSPS) is 15.9. The number of nitrogens with zero attached hydrogens (tertiary/aromatic N) is 2. The third kappa shape index (κ3) is 5.53. The Balaban J connectivity index is 1.42. The van der Waals surface area contributed by atoms with Crippen LogP contribution >= 0.6 is 11.6 Å². The minimum Gasteiger partial charge on any atom is -0.325 e. The first-order valence-corrected chi connectivity index (χ1v) is 8.71. The Bertz CT molecular complexity index is 698. The lowest BCUT2D eigenvalue weighted by Crippen LogP contribution is -2.48. The average molecular weight is 362 g/mol. The largest absolute Gasteiger partial charge is 0.325 e. The number of benzene rings is 2. The van der Waals surface area contributed by atoms with Gasteiger partial charge in [-0.1, -0.05) is 23.7 Å². The highest BCUT2D eigenvalue weighted by Crippen LogP contribution is 2.13. The maximum absolute atomic E-state index is 12.9. The first-order valence-electron chi connectivity index (χ1n) is 8.33. The molecular formula is C19H21ClFN3O. The molecule has 0 saturated carbocycles. The fourth-order valence-corrected chi connectivity index (χ4v) is 3.02. The number of nitrogens with one attached hydrogen (secondary N) is 1. The number of amides is 1. The van der Waals surface area contributed by atoms with Crippen LogP contribution in [0.1, 0.15) is 5.56 Å². The molecule has 0 aromatic heterocycles. The SMILES string of the molecule is O=C(CN1CCN(Cc2ccc(Cl)cc2)CC1)Nc1ccc(F)cc1. The van der Waals surface area contributed by atoms with E-state index in [4.69, 9.17) is 11.6 Å². The van der Waals surface area contributed by atoms with Gasteiger partial charge in [-0.25, -0.2) is 4.39 Å². The summed E-state index contributed by atoms with van der Waals surface area (Å²) >= 11 is 5.91. The van der Waals surface area contributed by atoms with Crippen molar-refractivity contribution in [3.8, 4) is 0 Å². The van der Waals surface area contributed by atoms with E-state index in [0.29, 0.717) is 12.2 Å². The van der Waals surface area contributed by atoms with Crippen molar-refractivity contribution in [1.29, 1.82) is 0 Å². The molecule has 1 amide bonds. The first kappa shape index (κ1) is 17.9. The Hall–Kier alpha value is -1.95. The van der Waals surface area contributed by atoms with Gasteiger partial charge in [0, 0.05) is 43.4 Å². The van der Waals surface area contributed by atoms with Crippen LogP contribution in [-0.2, 0) is 11.3 Å². The van der Waals surface area contributed by atoms with Crippen LogP contribution in [0, 0.1) is 5.82 Å². The molecule has 25 heavy (non-hydrogen) atoms. The molecule has 1 fully saturated rings. The van der Waals surface area contributed by atoms with E-state index >= 15 is 0 Å². The minimum atomic E-state index is -0.310. The van der Waals surface area contributed by atoms with Gasteiger partial charge in [0.1, 0.15) is 5.82 Å². The quantitative estimate of drug-likeness (QED) is 0.888. The molecule has 2 aromatic carbocycles. The van der Waals surface area contributed by atoms with Gasteiger partial charge in [-0.2, -0.15) is 0 Å². The highest BCUT2D eigenvalue weighted by molar-refractivity contribution is 6.30. The van der Waals surface area contributed by atoms with Crippen molar-refractivity contribution >= 4 is 23.2 Å². The van der Waals surface area contributed by atoms with Crippen LogP contribution in [0.15, 0.2) is 48.5 Å². The van der Waals surface area contributed by atoms with Gasteiger partial charge >= 0.3 is 0 Å². The maximum Gasteiger partial charge on any atom is 0.238 e. The standard InChI is InChI=1S/C19H21ClFN3O/c20-16-3-1-15(2-4-16)13-23-9-11-24(12-10-23)14-19(25)22-18-7-5-17(21)6-8-18/h1-8H,9-14H2,(H,22,25). The van der Waals surface area contributed by atoms with E-state index in [1.807, 2.05) is 24.3 Å². The molecule has 0 atom stereocenters. The zero-order valence-electron chi connectivity index (χ0n) is 13.9.